The number of halogens is 1. The van der Waals surface area contributed by atoms with Gasteiger partial charge in [-0.05, 0) is 23.0 Å². The molecule has 11 heavy (non-hydrogen) atoms. The molecule has 0 bridgehead atoms. The molecule has 0 spiro atoms. The van der Waals surface area contributed by atoms with Crippen molar-refractivity contribution in [1.82, 2.24) is 0 Å². The van der Waals surface area contributed by atoms with Crippen LogP contribution in [0.1, 0.15) is 44.9 Å². The quantitative estimate of drug-likeness (QED) is 0.342. The Bertz CT molecular complexity index is 54.6. The van der Waals surface area contributed by atoms with E-state index in [0.29, 0.717) is 0 Å². The summed E-state index contributed by atoms with van der Waals surface area (Å²) in [7, 11) is 0. The molecular weight excluding hydrogens is 267 g/mol. The average Bonchev–Trinajstić information content (AvgIpc) is 1.85. The minimum atomic E-state index is 1.05. The SMILES string of the molecule is C1CCC1.SCCCCCI. The van der Waals surface area contributed by atoms with Crippen LogP contribution in [0.2, 0.25) is 0 Å². The largest absolute Gasteiger partial charge is 0.179 e. The molecule has 0 heterocycles. The van der Waals surface area contributed by atoms with Crippen molar-refractivity contribution in [3.63, 3.8) is 0 Å². The Hall–Kier alpha value is 1.08. The highest BCUT2D eigenvalue weighted by atomic mass is 127. The molecule has 2 heteroatoms. The highest BCUT2D eigenvalue weighted by Gasteiger charge is 1.95. The van der Waals surface area contributed by atoms with Crippen molar-refractivity contribution in [2.75, 3.05) is 10.2 Å². The van der Waals surface area contributed by atoms with Crippen LogP contribution in [0.5, 0.6) is 0 Å². The zero-order chi connectivity index (χ0) is 8.36. The van der Waals surface area contributed by atoms with E-state index in [1.807, 2.05) is 0 Å². The molecule has 0 aromatic heterocycles. The second-order valence-electron chi connectivity index (χ2n) is 2.89. The standard InChI is InChI=1S/C5H11IS.C4H8/c6-4-2-1-3-5-7;1-2-4-3-1/h7H,1-5H2;1-4H2. The zero-order valence-corrected chi connectivity index (χ0v) is 10.2. The lowest BCUT2D eigenvalue weighted by molar-refractivity contribution is 0.504. The molecule has 0 aromatic rings. The van der Waals surface area contributed by atoms with E-state index in [2.05, 4.69) is 35.2 Å². The van der Waals surface area contributed by atoms with Crippen molar-refractivity contribution in [2.24, 2.45) is 0 Å². The highest BCUT2D eigenvalue weighted by Crippen LogP contribution is 2.15. The van der Waals surface area contributed by atoms with Gasteiger partial charge in [0.05, 0.1) is 0 Å². The maximum absolute atomic E-state index is 4.09. The van der Waals surface area contributed by atoms with Crippen molar-refractivity contribution < 1.29 is 0 Å². The van der Waals surface area contributed by atoms with Gasteiger partial charge in [0, 0.05) is 0 Å². The van der Waals surface area contributed by atoms with Crippen molar-refractivity contribution in [3.8, 4) is 0 Å². The molecular formula is C9H19IS. The van der Waals surface area contributed by atoms with Crippen LogP contribution in [0, 0.1) is 0 Å². The van der Waals surface area contributed by atoms with Crippen molar-refractivity contribution >= 4 is 35.2 Å². The van der Waals surface area contributed by atoms with Crippen LogP contribution in [0.3, 0.4) is 0 Å². The molecule has 1 aliphatic rings. The van der Waals surface area contributed by atoms with Gasteiger partial charge in [-0.3, -0.25) is 0 Å². The van der Waals surface area contributed by atoms with Crippen LogP contribution in [0.4, 0.5) is 0 Å². The molecule has 0 atom stereocenters. The van der Waals surface area contributed by atoms with Gasteiger partial charge in [0.2, 0.25) is 0 Å². The molecule has 0 nitrogen and oxygen atoms in total. The Morgan fingerprint density at radius 2 is 1.45 bits per heavy atom. The summed E-state index contributed by atoms with van der Waals surface area (Å²) in [5, 5.41) is 0. The Morgan fingerprint density at radius 3 is 1.73 bits per heavy atom. The summed E-state index contributed by atoms with van der Waals surface area (Å²) >= 11 is 6.49. The van der Waals surface area contributed by atoms with E-state index in [0.717, 1.165) is 5.75 Å². The lowest BCUT2D eigenvalue weighted by Gasteiger charge is -2.05. The van der Waals surface area contributed by atoms with Crippen LogP contribution >= 0.6 is 35.2 Å². The van der Waals surface area contributed by atoms with Gasteiger partial charge in [-0.25, -0.2) is 0 Å². The summed E-state index contributed by atoms with van der Waals surface area (Å²) in [5.74, 6) is 1.05. The van der Waals surface area contributed by atoms with E-state index in [4.69, 9.17) is 0 Å². The summed E-state index contributed by atoms with van der Waals surface area (Å²) in [6.45, 7) is 0. The minimum Gasteiger partial charge on any atom is -0.179 e. The zero-order valence-electron chi connectivity index (χ0n) is 7.19. The summed E-state index contributed by atoms with van der Waals surface area (Å²) in [4.78, 5) is 0. The van der Waals surface area contributed by atoms with Crippen LogP contribution in [-0.4, -0.2) is 10.2 Å². The molecule has 0 amide bonds. The van der Waals surface area contributed by atoms with E-state index in [1.54, 1.807) is 0 Å². The summed E-state index contributed by atoms with van der Waals surface area (Å²) in [6.07, 6.45) is 10.00. The third kappa shape index (κ3) is 11.1. The molecule has 1 fully saturated rings. The molecule has 0 aliphatic heterocycles. The second kappa shape index (κ2) is 11.1. The van der Waals surface area contributed by atoms with Crippen molar-refractivity contribution in [3.05, 3.63) is 0 Å². The van der Waals surface area contributed by atoms with Gasteiger partial charge in [0.15, 0.2) is 0 Å². The van der Waals surface area contributed by atoms with Crippen LogP contribution in [0.15, 0.2) is 0 Å². The Labute approximate surface area is 90.1 Å². The molecule has 0 N–H and O–H groups in total. The average molecular weight is 286 g/mol. The van der Waals surface area contributed by atoms with E-state index < -0.39 is 0 Å². The predicted octanol–water partition coefficient (Wildman–Crippen LogP) is 4.08. The van der Waals surface area contributed by atoms with Gasteiger partial charge in [0.25, 0.3) is 0 Å². The predicted molar refractivity (Wildman–Crippen MR) is 65.1 cm³/mol. The van der Waals surface area contributed by atoms with Crippen LogP contribution < -0.4 is 0 Å². The van der Waals surface area contributed by atoms with E-state index in [-0.39, 0.29) is 0 Å². The lowest BCUT2D eigenvalue weighted by Crippen LogP contribution is -1.85. The number of alkyl halides is 1. The van der Waals surface area contributed by atoms with E-state index in [1.165, 1.54) is 49.4 Å². The Kier molecular flexibility index (Phi) is 12.2. The summed E-state index contributed by atoms with van der Waals surface area (Å²) in [5.41, 5.74) is 0. The highest BCUT2D eigenvalue weighted by molar-refractivity contribution is 14.1. The molecule has 0 aromatic carbocycles. The van der Waals surface area contributed by atoms with Crippen LogP contribution in [-0.2, 0) is 0 Å². The van der Waals surface area contributed by atoms with Gasteiger partial charge in [-0.2, -0.15) is 12.6 Å². The normalized spacial score (nSPS) is 14.7. The molecule has 0 radical (unpaired) electrons. The number of rotatable bonds is 4. The first-order valence-electron chi connectivity index (χ1n) is 4.58. The third-order valence-electron chi connectivity index (χ3n) is 1.79. The molecule has 68 valence electrons. The Morgan fingerprint density at radius 1 is 0.909 bits per heavy atom. The molecule has 0 unspecified atom stereocenters. The minimum absolute atomic E-state index is 1.05. The fraction of sp³-hybridized carbons (Fsp3) is 1.00. The summed E-state index contributed by atoms with van der Waals surface area (Å²) in [6, 6.07) is 0. The van der Waals surface area contributed by atoms with Crippen molar-refractivity contribution in [1.29, 1.82) is 0 Å². The molecule has 1 rings (SSSR count). The lowest BCUT2D eigenvalue weighted by atomic mass is 10.0. The first kappa shape index (κ1) is 12.1. The maximum atomic E-state index is 4.09. The maximum Gasteiger partial charge on any atom is -0.000472 e. The van der Waals surface area contributed by atoms with Gasteiger partial charge < -0.3 is 0 Å². The second-order valence-corrected chi connectivity index (χ2v) is 4.41. The topological polar surface area (TPSA) is 0 Å². The first-order valence-corrected chi connectivity index (χ1v) is 6.74. The molecule has 0 saturated heterocycles. The van der Waals surface area contributed by atoms with Gasteiger partial charge in [0.1, 0.15) is 0 Å². The number of hydrogen-bond acceptors (Lipinski definition) is 1. The number of unbranched alkanes of at least 4 members (excludes halogenated alkanes) is 2. The van der Waals surface area contributed by atoms with E-state index in [9.17, 15) is 0 Å². The van der Waals surface area contributed by atoms with Crippen molar-refractivity contribution in [2.45, 2.75) is 44.9 Å². The van der Waals surface area contributed by atoms with Crippen LogP contribution in [0.25, 0.3) is 0 Å². The molecule has 1 aliphatic carbocycles. The van der Waals surface area contributed by atoms with E-state index >= 15 is 0 Å². The number of thiol groups is 1. The van der Waals surface area contributed by atoms with Gasteiger partial charge >= 0.3 is 0 Å². The fourth-order valence-corrected chi connectivity index (χ4v) is 1.40. The number of hydrogen-bond donors (Lipinski definition) is 1. The third-order valence-corrected chi connectivity index (χ3v) is 2.87. The van der Waals surface area contributed by atoms with Gasteiger partial charge in [-0.15, -0.1) is 0 Å². The first-order chi connectivity index (χ1) is 5.41. The smallest absolute Gasteiger partial charge is 0.000472 e. The Balaban J connectivity index is 0.000000207. The molecule has 1 saturated carbocycles. The van der Waals surface area contributed by atoms with Gasteiger partial charge in [-0.1, -0.05) is 54.7 Å². The summed E-state index contributed by atoms with van der Waals surface area (Å²) < 4.78 is 1.30. The monoisotopic (exact) mass is 286 g/mol. The fourth-order valence-electron chi connectivity index (χ4n) is 0.633.